The van der Waals surface area contributed by atoms with Crippen LogP contribution in [0.2, 0.25) is 0 Å². The van der Waals surface area contributed by atoms with Crippen LogP contribution in [0.5, 0.6) is 0 Å². The number of hydrogen-bond acceptors (Lipinski definition) is 3. The van der Waals surface area contributed by atoms with Gasteiger partial charge in [0, 0.05) is 24.2 Å². The van der Waals surface area contributed by atoms with Crippen LogP contribution >= 0.6 is 24.4 Å². The van der Waals surface area contributed by atoms with Gasteiger partial charge in [-0.3, -0.25) is 4.79 Å². The second-order valence-electron chi connectivity index (χ2n) is 5.44. The first-order chi connectivity index (χ1) is 11.5. The lowest BCUT2D eigenvalue weighted by Gasteiger charge is -2.14. The largest absolute Gasteiger partial charge is 0.376 e. The Morgan fingerprint density at radius 2 is 1.25 bits per heavy atom. The predicted octanol–water partition coefficient (Wildman–Crippen LogP) is 1.56. The second kappa shape index (κ2) is 6.54. The number of thiocarbonyl (C=S) groups is 2. The molecule has 1 aliphatic carbocycles. The van der Waals surface area contributed by atoms with Gasteiger partial charge in [0.1, 0.15) is 0 Å². The number of rotatable bonds is 4. The third kappa shape index (κ3) is 2.95. The SMILES string of the molecule is NC(=S)NCc1cccc2c1-c1c(CNC(N)=S)cccc1C2=O. The normalized spacial score (nSPS) is 11.6. The van der Waals surface area contributed by atoms with Gasteiger partial charge in [-0.2, -0.15) is 0 Å². The molecule has 0 bridgehead atoms. The molecule has 6 N–H and O–H groups in total. The number of carbonyl (C=O) groups is 1. The molecule has 3 rings (SSSR count). The Balaban J connectivity index is 2.11. The molecule has 122 valence electrons. The van der Waals surface area contributed by atoms with Crippen LogP contribution in [0.25, 0.3) is 11.1 Å². The highest BCUT2D eigenvalue weighted by atomic mass is 32.1. The van der Waals surface area contributed by atoms with E-state index in [2.05, 4.69) is 10.6 Å². The fourth-order valence-corrected chi connectivity index (χ4v) is 3.12. The topological polar surface area (TPSA) is 93.2 Å². The molecule has 0 aromatic heterocycles. The maximum absolute atomic E-state index is 12.7. The van der Waals surface area contributed by atoms with E-state index in [-0.39, 0.29) is 16.0 Å². The molecule has 24 heavy (non-hydrogen) atoms. The van der Waals surface area contributed by atoms with Crippen molar-refractivity contribution in [2.24, 2.45) is 11.5 Å². The highest BCUT2D eigenvalue weighted by Gasteiger charge is 2.30. The number of fused-ring (bicyclic) bond motifs is 3. The predicted molar refractivity (Wildman–Crippen MR) is 103 cm³/mol. The van der Waals surface area contributed by atoms with Crippen molar-refractivity contribution in [3.63, 3.8) is 0 Å². The molecule has 0 amide bonds. The fourth-order valence-electron chi connectivity index (χ4n) is 2.97. The van der Waals surface area contributed by atoms with Gasteiger partial charge in [-0.1, -0.05) is 36.4 Å². The van der Waals surface area contributed by atoms with Crippen LogP contribution in [0.15, 0.2) is 36.4 Å². The van der Waals surface area contributed by atoms with Crippen LogP contribution < -0.4 is 22.1 Å². The van der Waals surface area contributed by atoms with Crippen molar-refractivity contribution in [2.45, 2.75) is 13.1 Å². The van der Waals surface area contributed by atoms with Crippen LogP contribution in [0, 0.1) is 0 Å². The molecule has 0 atom stereocenters. The van der Waals surface area contributed by atoms with Gasteiger partial charge in [-0.25, -0.2) is 0 Å². The van der Waals surface area contributed by atoms with E-state index in [9.17, 15) is 4.79 Å². The summed E-state index contributed by atoms with van der Waals surface area (Å²) < 4.78 is 0. The van der Waals surface area contributed by atoms with E-state index in [4.69, 9.17) is 35.9 Å². The highest BCUT2D eigenvalue weighted by molar-refractivity contribution is 7.80. The first-order valence-electron chi connectivity index (χ1n) is 7.34. The van der Waals surface area contributed by atoms with E-state index in [1.807, 2.05) is 36.4 Å². The number of nitrogens with two attached hydrogens (primary N) is 2. The molecule has 1 aliphatic rings. The number of ketones is 1. The molecule has 5 nitrogen and oxygen atoms in total. The van der Waals surface area contributed by atoms with Crippen molar-refractivity contribution in [1.29, 1.82) is 0 Å². The van der Waals surface area contributed by atoms with Gasteiger partial charge in [0.15, 0.2) is 16.0 Å². The van der Waals surface area contributed by atoms with Crippen LogP contribution in [-0.4, -0.2) is 16.0 Å². The van der Waals surface area contributed by atoms with E-state index >= 15 is 0 Å². The van der Waals surface area contributed by atoms with Crippen LogP contribution in [0.4, 0.5) is 0 Å². The van der Waals surface area contributed by atoms with E-state index in [1.54, 1.807) is 0 Å². The summed E-state index contributed by atoms with van der Waals surface area (Å²) in [4.78, 5) is 12.7. The van der Waals surface area contributed by atoms with Crippen molar-refractivity contribution >= 4 is 40.4 Å². The van der Waals surface area contributed by atoms with Crippen molar-refractivity contribution in [3.8, 4) is 11.1 Å². The molecule has 0 spiro atoms. The van der Waals surface area contributed by atoms with Gasteiger partial charge in [0.05, 0.1) is 0 Å². The zero-order chi connectivity index (χ0) is 17.3. The molecule has 0 saturated heterocycles. The van der Waals surface area contributed by atoms with Crippen LogP contribution in [-0.2, 0) is 13.1 Å². The molecule has 0 saturated carbocycles. The standard InChI is InChI=1S/C17H16N4OS2/c18-16(23)20-7-9-3-1-5-11-13(9)14-10(8-21-17(19)24)4-2-6-12(14)15(11)22/h1-6H,7-8H2,(H3,18,20,23)(H3,19,21,24). The Labute approximate surface area is 150 Å². The first kappa shape index (κ1) is 16.4. The molecular formula is C17H16N4OS2. The minimum atomic E-state index is 0.0225. The molecule has 2 aromatic carbocycles. The minimum Gasteiger partial charge on any atom is -0.376 e. The monoisotopic (exact) mass is 356 g/mol. The zero-order valence-corrected chi connectivity index (χ0v) is 14.4. The average molecular weight is 356 g/mol. The third-order valence-electron chi connectivity index (χ3n) is 3.95. The summed E-state index contributed by atoms with van der Waals surface area (Å²) in [7, 11) is 0. The Morgan fingerprint density at radius 3 is 1.62 bits per heavy atom. The molecule has 0 fully saturated rings. The van der Waals surface area contributed by atoms with Gasteiger partial charge in [0.25, 0.3) is 0 Å². The molecule has 0 radical (unpaired) electrons. The Morgan fingerprint density at radius 1 is 0.833 bits per heavy atom. The summed E-state index contributed by atoms with van der Waals surface area (Å²) in [6.07, 6.45) is 0. The smallest absolute Gasteiger partial charge is 0.194 e. The lowest BCUT2D eigenvalue weighted by Crippen LogP contribution is -2.29. The summed E-state index contributed by atoms with van der Waals surface area (Å²) in [5, 5.41) is 6.34. The van der Waals surface area contributed by atoms with Crippen molar-refractivity contribution in [2.75, 3.05) is 0 Å². The molecule has 0 aliphatic heterocycles. The lowest BCUT2D eigenvalue weighted by atomic mass is 9.95. The quantitative estimate of drug-likeness (QED) is 0.527. The summed E-state index contributed by atoms with van der Waals surface area (Å²) in [5.74, 6) is 0.0225. The zero-order valence-electron chi connectivity index (χ0n) is 12.8. The molecular weight excluding hydrogens is 340 g/mol. The first-order valence-corrected chi connectivity index (χ1v) is 8.16. The van der Waals surface area contributed by atoms with E-state index in [0.717, 1.165) is 22.3 Å². The third-order valence-corrected chi connectivity index (χ3v) is 4.24. The van der Waals surface area contributed by atoms with Crippen molar-refractivity contribution < 1.29 is 4.79 Å². The van der Waals surface area contributed by atoms with Crippen molar-refractivity contribution in [1.82, 2.24) is 10.6 Å². The number of benzene rings is 2. The Hall–Kier alpha value is -2.51. The summed E-state index contributed by atoms with van der Waals surface area (Å²) in [6.45, 7) is 0.921. The Bertz CT molecular complexity index is 794. The van der Waals surface area contributed by atoms with Gasteiger partial charge < -0.3 is 22.1 Å². The maximum atomic E-state index is 12.7. The van der Waals surface area contributed by atoms with Gasteiger partial charge in [-0.15, -0.1) is 0 Å². The van der Waals surface area contributed by atoms with E-state index < -0.39 is 0 Å². The number of carbonyl (C=O) groups excluding carboxylic acids is 1. The van der Waals surface area contributed by atoms with Crippen LogP contribution in [0.1, 0.15) is 27.0 Å². The minimum absolute atomic E-state index is 0.0225. The molecule has 7 heteroatoms. The Kier molecular flexibility index (Phi) is 4.46. The molecule has 0 unspecified atom stereocenters. The lowest BCUT2D eigenvalue weighted by molar-refractivity contribution is 0.104. The molecule has 0 heterocycles. The van der Waals surface area contributed by atoms with Gasteiger partial charge >= 0.3 is 0 Å². The number of nitrogens with one attached hydrogen (secondary N) is 2. The highest BCUT2D eigenvalue weighted by Crippen LogP contribution is 2.41. The van der Waals surface area contributed by atoms with E-state index in [1.165, 1.54) is 0 Å². The van der Waals surface area contributed by atoms with E-state index in [0.29, 0.717) is 24.2 Å². The fraction of sp³-hybridized carbons (Fsp3) is 0.118. The summed E-state index contributed by atoms with van der Waals surface area (Å²) >= 11 is 9.76. The van der Waals surface area contributed by atoms with Gasteiger partial charge in [-0.05, 0) is 46.7 Å². The maximum Gasteiger partial charge on any atom is 0.194 e. The van der Waals surface area contributed by atoms with Crippen LogP contribution in [0.3, 0.4) is 0 Å². The molecule has 2 aromatic rings. The average Bonchev–Trinajstić information content (AvgIpc) is 2.85. The second-order valence-corrected chi connectivity index (χ2v) is 6.32. The number of hydrogen-bond donors (Lipinski definition) is 4. The van der Waals surface area contributed by atoms with Crippen molar-refractivity contribution in [3.05, 3.63) is 58.7 Å². The summed E-state index contributed by atoms with van der Waals surface area (Å²) in [6, 6.07) is 11.3. The summed E-state index contributed by atoms with van der Waals surface area (Å²) in [5.41, 5.74) is 16.2. The van der Waals surface area contributed by atoms with Gasteiger partial charge in [0.2, 0.25) is 0 Å².